The van der Waals surface area contributed by atoms with Crippen LogP contribution in [0.15, 0.2) is 35.3 Å². The fourth-order valence-electron chi connectivity index (χ4n) is 1.39. The van der Waals surface area contributed by atoms with Crippen molar-refractivity contribution in [3.63, 3.8) is 0 Å². The normalized spacial score (nSPS) is 18.3. The molecule has 2 rings (SSSR count). The van der Waals surface area contributed by atoms with Gasteiger partial charge in [0.05, 0.1) is 7.11 Å². The summed E-state index contributed by atoms with van der Waals surface area (Å²) in [6.07, 6.45) is 0. The number of rotatable bonds is 3. The average Bonchev–Trinajstić information content (AvgIpc) is 3.08. The number of carbonyl (C=O) groups excluding carboxylic acids is 1. The van der Waals surface area contributed by atoms with E-state index in [0.29, 0.717) is 5.71 Å². The Morgan fingerprint density at radius 1 is 1.40 bits per heavy atom. The smallest absolute Gasteiger partial charge is 0.274 e. The topological polar surface area (TPSA) is 41.9 Å². The Morgan fingerprint density at radius 2 is 2.07 bits per heavy atom. The Hall–Kier alpha value is -1.68. The van der Waals surface area contributed by atoms with E-state index in [9.17, 15) is 4.79 Å². The molecule has 0 bridgehead atoms. The summed E-state index contributed by atoms with van der Waals surface area (Å²) in [4.78, 5) is 20.5. The van der Waals surface area contributed by atoms with Crippen LogP contribution in [0.2, 0.25) is 0 Å². The van der Waals surface area contributed by atoms with Crippen LogP contribution in [-0.2, 0) is 9.63 Å². The lowest BCUT2D eigenvalue weighted by Crippen LogP contribution is -2.29. The Morgan fingerprint density at radius 3 is 2.67 bits per heavy atom. The minimum atomic E-state index is -0.175. The molecular weight excluding hydrogens is 192 g/mol. The molecule has 0 aromatic heterocycles. The monoisotopic (exact) mass is 204 g/mol. The molecule has 0 fully saturated rings. The highest BCUT2D eigenvalue weighted by atomic mass is 16.7. The fourth-order valence-corrected chi connectivity index (χ4v) is 1.39. The second-order valence-corrected chi connectivity index (χ2v) is 3.31. The Kier molecular flexibility index (Phi) is 2.51. The summed E-state index contributed by atoms with van der Waals surface area (Å²) in [7, 11) is 3.03. The van der Waals surface area contributed by atoms with Crippen molar-refractivity contribution in [1.29, 1.82) is 0 Å². The van der Waals surface area contributed by atoms with Gasteiger partial charge < -0.3 is 0 Å². The average molecular weight is 204 g/mol. The highest BCUT2D eigenvalue weighted by molar-refractivity contribution is 6.45. The standard InChI is InChI=1S/C11H12N2O2/c1-13(15-2)11(14)10-9(12-10)8-6-4-3-5-7-8/h3-7,9H,1-2H3. The van der Waals surface area contributed by atoms with Gasteiger partial charge in [-0.15, -0.1) is 0 Å². The first-order valence-corrected chi connectivity index (χ1v) is 4.69. The summed E-state index contributed by atoms with van der Waals surface area (Å²) in [6, 6.07) is 9.66. The van der Waals surface area contributed by atoms with Crippen molar-refractivity contribution < 1.29 is 9.63 Å². The zero-order valence-electron chi connectivity index (χ0n) is 8.68. The van der Waals surface area contributed by atoms with Gasteiger partial charge in [0.2, 0.25) is 0 Å². The first-order chi connectivity index (χ1) is 7.24. The maximum atomic E-state index is 11.6. The zero-order valence-corrected chi connectivity index (χ0v) is 8.68. The van der Waals surface area contributed by atoms with Crippen LogP contribution in [-0.4, -0.2) is 30.8 Å². The van der Waals surface area contributed by atoms with Crippen molar-refractivity contribution in [3.8, 4) is 0 Å². The van der Waals surface area contributed by atoms with Gasteiger partial charge in [0.1, 0.15) is 11.8 Å². The molecule has 0 saturated carbocycles. The first-order valence-electron chi connectivity index (χ1n) is 4.69. The van der Waals surface area contributed by atoms with Crippen LogP contribution in [0.5, 0.6) is 0 Å². The lowest BCUT2D eigenvalue weighted by atomic mass is 10.1. The molecule has 1 aliphatic rings. The number of hydroxylamine groups is 2. The van der Waals surface area contributed by atoms with Crippen molar-refractivity contribution in [1.82, 2.24) is 5.06 Å². The maximum absolute atomic E-state index is 11.6. The summed E-state index contributed by atoms with van der Waals surface area (Å²) >= 11 is 0. The third-order valence-corrected chi connectivity index (χ3v) is 2.35. The fraction of sp³-hybridized carbons (Fsp3) is 0.273. The second-order valence-electron chi connectivity index (χ2n) is 3.31. The minimum Gasteiger partial charge on any atom is -0.274 e. The number of aliphatic imine (C=N–C) groups is 1. The molecule has 0 aliphatic carbocycles. The van der Waals surface area contributed by atoms with E-state index in [2.05, 4.69) is 4.99 Å². The van der Waals surface area contributed by atoms with Crippen LogP contribution in [0.25, 0.3) is 0 Å². The van der Waals surface area contributed by atoms with Gasteiger partial charge in [-0.2, -0.15) is 0 Å². The van der Waals surface area contributed by atoms with E-state index in [4.69, 9.17) is 4.84 Å². The minimum absolute atomic E-state index is 0.0729. The molecule has 1 aromatic carbocycles. The van der Waals surface area contributed by atoms with E-state index < -0.39 is 0 Å². The molecule has 0 spiro atoms. The van der Waals surface area contributed by atoms with E-state index in [1.165, 1.54) is 12.2 Å². The van der Waals surface area contributed by atoms with Gasteiger partial charge in [0.15, 0.2) is 0 Å². The molecule has 1 aromatic rings. The van der Waals surface area contributed by atoms with Gasteiger partial charge in [-0.1, -0.05) is 30.3 Å². The zero-order chi connectivity index (χ0) is 10.8. The van der Waals surface area contributed by atoms with Gasteiger partial charge in [0.25, 0.3) is 5.91 Å². The summed E-state index contributed by atoms with van der Waals surface area (Å²) in [5, 5.41) is 1.18. The van der Waals surface area contributed by atoms with Crippen LogP contribution >= 0.6 is 0 Å². The highest BCUT2D eigenvalue weighted by Gasteiger charge is 2.37. The SMILES string of the molecule is CON(C)C(=O)C1=NC1c1ccccc1. The maximum Gasteiger partial charge on any atom is 0.293 e. The van der Waals surface area contributed by atoms with E-state index >= 15 is 0 Å². The Balaban J connectivity index is 2.02. The summed E-state index contributed by atoms with van der Waals surface area (Å²) in [5.74, 6) is -0.175. The van der Waals surface area contributed by atoms with Crippen molar-refractivity contribution >= 4 is 11.6 Å². The van der Waals surface area contributed by atoms with Gasteiger partial charge in [-0.05, 0) is 5.56 Å². The van der Waals surface area contributed by atoms with E-state index in [1.54, 1.807) is 7.05 Å². The molecular formula is C11H12N2O2. The second kappa shape index (κ2) is 3.82. The summed E-state index contributed by atoms with van der Waals surface area (Å²) in [6.45, 7) is 0. The Labute approximate surface area is 88.1 Å². The third kappa shape index (κ3) is 1.89. The molecule has 0 saturated heterocycles. The Bertz CT molecular complexity index is 400. The van der Waals surface area contributed by atoms with Crippen molar-refractivity contribution in [2.45, 2.75) is 6.04 Å². The van der Waals surface area contributed by atoms with Gasteiger partial charge in [-0.3, -0.25) is 14.6 Å². The molecule has 1 unspecified atom stereocenters. The van der Waals surface area contributed by atoms with Gasteiger partial charge in [-0.25, -0.2) is 5.06 Å². The molecule has 78 valence electrons. The molecule has 4 nitrogen and oxygen atoms in total. The van der Waals surface area contributed by atoms with Crippen molar-refractivity contribution in [2.75, 3.05) is 14.2 Å². The lowest BCUT2D eigenvalue weighted by molar-refractivity contribution is -0.160. The van der Waals surface area contributed by atoms with Crippen molar-refractivity contribution in [2.24, 2.45) is 4.99 Å². The number of carbonyl (C=O) groups is 1. The largest absolute Gasteiger partial charge is 0.293 e. The van der Waals surface area contributed by atoms with Crippen LogP contribution in [0.3, 0.4) is 0 Å². The van der Waals surface area contributed by atoms with Gasteiger partial charge >= 0.3 is 0 Å². The number of benzene rings is 1. The number of hydrogen-bond donors (Lipinski definition) is 0. The molecule has 1 amide bonds. The molecule has 0 N–H and O–H groups in total. The molecule has 1 atom stereocenters. The summed E-state index contributed by atoms with van der Waals surface area (Å²) in [5.41, 5.74) is 1.61. The number of amides is 1. The first kappa shape index (κ1) is 9.86. The van der Waals surface area contributed by atoms with E-state index in [1.807, 2.05) is 30.3 Å². The number of hydrogen-bond acceptors (Lipinski definition) is 3. The lowest BCUT2D eigenvalue weighted by Gasteiger charge is -2.10. The predicted octanol–water partition coefficient (Wildman–Crippen LogP) is 1.20. The molecule has 1 heterocycles. The van der Waals surface area contributed by atoms with Crippen LogP contribution in [0, 0.1) is 0 Å². The molecule has 0 radical (unpaired) electrons. The molecule has 4 heteroatoms. The van der Waals surface area contributed by atoms with E-state index in [0.717, 1.165) is 5.56 Å². The van der Waals surface area contributed by atoms with Crippen LogP contribution in [0.1, 0.15) is 11.6 Å². The predicted molar refractivity (Wildman–Crippen MR) is 56.4 cm³/mol. The van der Waals surface area contributed by atoms with E-state index in [-0.39, 0.29) is 11.9 Å². The molecule has 15 heavy (non-hydrogen) atoms. The van der Waals surface area contributed by atoms with Crippen molar-refractivity contribution in [3.05, 3.63) is 35.9 Å². The number of nitrogens with zero attached hydrogens (tertiary/aromatic N) is 2. The van der Waals surface area contributed by atoms with Crippen LogP contribution < -0.4 is 0 Å². The molecule has 1 aliphatic heterocycles. The quantitative estimate of drug-likeness (QED) is 0.694. The highest BCUT2D eigenvalue weighted by Crippen LogP contribution is 2.31. The van der Waals surface area contributed by atoms with Gasteiger partial charge in [0, 0.05) is 7.05 Å². The third-order valence-electron chi connectivity index (χ3n) is 2.35. The summed E-state index contributed by atoms with van der Waals surface area (Å²) < 4.78 is 0. The van der Waals surface area contributed by atoms with Crippen LogP contribution in [0.4, 0.5) is 0 Å².